The van der Waals surface area contributed by atoms with Gasteiger partial charge in [0.15, 0.2) is 5.84 Å². The van der Waals surface area contributed by atoms with E-state index >= 15 is 0 Å². The summed E-state index contributed by atoms with van der Waals surface area (Å²) in [6.45, 7) is 0.571. The van der Waals surface area contributed by atoms with Crippen LogP contribution in [-0.2, 0) is 9.53 Å². The van der Waals surface area contributed by atoms with E-state index in [4.69, 9.17) is 15.7 Å². The van der Waals surface area contributed by atoms with E-state index in [2.05, 4.69) is 5.16 Å². The van der Waals surface area contributed by atoms with Crippen molar-refractivity contribution in [2.45, 2.75) is 12.8 Å². The van der Waals surface area contributed by atoms with Crippen LogP contribution in [0.3, 0.4) is 0 Å². The lowest BCUT2D eigenvalue weighted by Gasteiger charge is -2.17. The minimum absolute atomic E-state index is 0.0218. The maximum Gasteiger partial charge on any atom is 0.226 e. The highest BCUT2D eigenvalue weighted by molar-refractivity contribution is 5.98. The number of nitrogens with two attached hydrogens (primary N) is 1. The van der Waals surface area contributed by atoms with Crippen LogP contribution in [0, 0.1) is 0 Å². The average molecular weight is 265 g/mol. The van der Waals surface area contributed by atoms with Crippen molar-refractivity contribution in [1.29, 1.82) is 0 Å². The monoisotopic (exact) mass is 265 g/mol. The van der Waals surface area contributed by atoms with Gasteiger partial charge < -0.3 is 20.6 Å². The van der Waals surface area contributed by atoms with Crippen molar-refractivity contribution < 1.29 is 14.7 Å². The van der Waals surface area contributed by atoms with Crippen molar-refractivity contribution in [3.05, 3.63) is 29.8 Å². The second kappa shape index (κ2) is 7.38. The molecule has 0 unspecified atom stereocenters. The average Bonchev–Trinajstić information content (AvgIpc) is 2.46. The van der Waals surface area contributed by atoms with E-state index in [1.54, 1.807) is 43.3 Å². The molecular formula is C13H19N3O3. The Kier molecular flexibility index (Phi) is 5.81. The van der Waals surface area contributed by atoms with Gasteiger partial charge in [-0.05, 0) is 30.7 Å². The van der Waals surface area contributed by atoms with Gasteiger partial charge in [0.2, 0.25) is 5.91 Å². The lowest BCUT2D eigenvalue weighted by molar-refractivity contribution is -0.118. The summed E-state index contributed by atoms with van der Waals surface area (Å²) < 4.78 is 4.91. The van der Waals surface area contributed by atoms with Crippen molar-refractivity contribution in [3.8, 4) is 0 Å². The largest absolute Gasteiger partial charge is 0.409 e. The number of ether oxygens (including phenoxy) is 1. The summed E-state index contributed by atoms with van der Waals surface area (Å²) in [5.74, 6) is 0.0641. The minimum Gasteiger partial charge on any atom is -0.409 e. The first-order valence-electron chi connectivity index (χ1n) is 5.93. The van der Waals surface area contributed by atoms with E-state index < -0.39 is 0 Å². The Labute approximate surface area is 112 Å². The van der Waals surface area contributed by atoms with E-state index in [9.17, 15) is 4.79 Å². The molecule has 0 aliphatic carbocycles. The fourth-order valence-corrected chi connectivity index (χ4v) is 1.59. The van der Waals surface area contributed by atoms with E-state index in [1.807, 2.05) is 0 Å². The van der Waals surface area contributed by atoms with Crippen LogP contribution in [0.4, 0.5) is 5.69 Å². The molecule has 19 heavy (non-hydrogen) atoms. The van der Waals surface area contributed by atoms with Crippen molar-refractivity contribution >= 4 is 17.4 Å². The molecule has 0 radical (unpaired) electrons. The van der Waals surface area contributed by atoms with Gasteiger partial charge in [-0.25, -0.2) is 0 Å². The Hall–Kier alpha value is -2.08. The maximum absolute atomic E-state index is 11.9. The van der Waals surface area contributed by atoms with Crippen LogP contribution in [-0.4, -0.2) is 37.7 Å². The van der Waals surface area contributed by atoms with Crippen LogP contribution in [0.25, 0.3) is 0 Å². The molecule has 0 bridgehead atoms. The first-order valence-corrected chi connectivity index (χ1v) is 5.93. The van der Waals surface area contributed by atoms with Crippen molar-refractivity contribution in [1.82, 2.24) is 0 Å². The molecule has 0 spiro atoms. The molecule has 0 saturated carbocycles. The lowest BCUT2D eigenvalue weighted by atomic mass is 10.1. The van der Waals surface area contributed by atoms with Crippen molar-refractivity contribution in [2.75, 3.05) is 25.7 Å². The zero-order chi connectivity index (χ0) is 14.3. The van der Waals surface area contributed by atoms with Crippen LogP contribution < -0.4 is 10.6 Å². The maximum atomic E-state index is 11.9. The molecule has 1 amide bonds. The first-order chi connectivity index (χ1) is 9.10. The highest BCUT2D eigenvalue weighted by Gasteiger charge is 2.10. The number of nitrogens with zero attached hydrogens (tertiary/aromatic N) is 2. The Morgan fingerprint density at radius 1 is 1.42 bits per heavy atom. The van der Waals surface area contributed by atoms with Gasteiger partial charge >= 0.3 is 0 Å². The van der Waals surface area contributed by atoms with Gasteiger partial charge in [-0.3, -0.25) is 4.79 Å². The first kappa shape index (κ1) is 15.0. The van der Waals surface area contributed by atoms with Gasteiger partial charge in [-0.2, -0.15) is 0 Å². The van der Waals surface area contributed by atoms with E-state index in [0.717, 1.165) is 5.69 Å². The smallest absolute Gasteiger partial charge is 0.226 e. The molecule has 1 rings (SSSR count). The molecule has 1 aromatic rings. The second-order valence-corrected chi connectivity index (χ2v) is 4.08. The molecule has 1 aromatic carbocycles. The number of carbonyl (C=O) groups excluding carboxylic acids is 1. The number of rotatable bonds is 6. The number of anilines is 1. The van der Waals surface area contributed by atoms with Gasteiger partial charge in [0.1, 0.15) is 0 Å². The highest BCUT2D eigenvalue weighted by Crippen LogP contribution is 2.15. The van der Waals surface area contributed by atoms with Crippen molar-refractivity contribution in [3.63, 3.8) is 0 Å². The third kappa shape index (κ3) is 4.26. The number of benzene rings is 1. The summed E-state index contributed by atoms with van der Waals surface area (Å²) in [7, 11) is 3.33. The van der Waals surface area contributed by atoms with Crippen LogP contribution in [0.1, 0.15) is 18.4 Å². The third-order valence-corrected chi connectivity index (χ3v) is 2.77. The number of hydrogen-bond acceptors (Lipinski definition) is 4. The molecule has 0 aliphatic heterocycles. The molecule has 0 heterocycles. The Morgan fingerprint density at radius 3 is 2.58 bits per heavy atom. The fraction of sp³-hybridized carbons (Fsp3) is 0.385. The quantitative estimate of drug-likeness (QED) is 0.266. The molecule has 0 aromatic heterocycles. The lowest BCUT2D eigenvalue weighted by Crippen LogP contribution is -2.26. The van der Waals surface area contributed by atoms with Gasteiger partial charge in [-0.1, -0.05) is 5.16 Å². The van der Waals surface area contributed by atoms with Gasteiger partial charge in [0.25, 0.3) is 0 Å². The summed E-state index contributed by atoms with van der Waals surface area (Å²) in [5, 5.41) is 11.5. The summed E-state index contributed by atoms with van der Waals surface area (Å²) in [6, 6.07) is 6.90. The predicted molar refractivity (Wildman–Crippen MR) is 73.5 cm³/mol. The van der Waals surface area contributed by atoms with Gasteiger partial charge in [0, 0.05) is 38.4 Å². The summed E-state index contributed by atoms with van der Waals surface area (Å²) in [5.41, 5.74) is 6.83. The number of methoxy groups -OCH3 is 1. The molecule has 6 heteroatoms. The molecular weight excluding hydrogens is 246 g/mol. The number of amidine groups is 1. The number of oxime groups is 1. The zero-order valence-corrected chi connectivity index (χ0v) is 11.2. The Balaban J connectivity index is 2.67. The standard InChI is InChI=1S/C13H19N3O3/c1-16(12(17)4-3-9-19-2)11-7-5-10(6-8-11)13(14)15-18/h5-8,18H,3-4,9H2,1-2H3,(H2,14,15). The molecule has 104 valence electrons. The molecule has 0 aliphatic rings. The molecule has 0 atom stereocenters. The summed E-state index contributed by atoms with van der Waals surface area (Å²) in [4.78, 5) is 13.5. The van der Waals surface area contributed by atoms with Gasteiger partial charge in [0.05, 0.1) is 0 Å². The Morgan fingerprint density at radius 2 is 2.05 bits per heavy atom. The molecule has 6 nitrogen and oxygen atoms in total. The van der Waals surface area contributed by atoms with Gasteiger partial charge in [-0.15, -0.1) is 0 Å². The topological polar surface area (TPSA) is 88.2 Å². The SMILES string of the molecule is COCCCC(=O)N(C)c1ccc(C(N)=NO)cc1. The number of hydrogen-bond donors (Lipinski definition) is 2. The molecule has 0 saturated heterocycles. The second-order valence-electron chi connectivity index (χ2n) is 4.08. The normalized spacial score (nSPS) is 11.4. The van der Waals surface area contributed by atoms with Crippen LogP contribution >= 0.6 is 0 Å². The third-order valence-electron chi connectivity index (χ3n) is 2.77. The van der Waals surface area contributed by atoms with Crippen LogP contribution in [0.5, 0.6) is 0 Å². The summed E-state index contributed by atoms with van der Waals surface area (Å²) >= 11 is 0. The fourth-order valence-electron chi connectivity index (χ4n) is 1.59. The summed E-state index contributed by atoms with van der Waals surface area (Å²) in [6.07, 6.45) is 1.13. The van der Waals surface area contributed by atoms with Crippen molar-refractivity contribution in [2.24, 2.45) is 10.9 Å². The van der Waals surface area contributed by atoms with E-state index in [-0.39, 0.29) is 11.7 Å². The highest BCUT2D eigenvalue weighted by atomic mass is 16.5. The number of carbonyl (C=O) groups is 1. The predicted octanol–water partition coefficient (Wildman–Crippen LogP) is 1.17. The van der Waals surface area contributed by atoms with Crippen LogP contribution in [0.15, 0.2) is 29.4 Å². The Bertz CT molecular complexity index is 443. The molecule has 0 fully saturated rings. The minimum atomic E-state index is 0.0218. The van der Waals surface area contributed by atoms with E-state index in [0.29, 0.717) is 25.0 Å². The number of amides is 1. The van der Waals surface area contributed by atoms with Crippen LogP contribution in [0.2, 0.25) is 0 Å². The van der Waals surface area contributed by atoms with E-state index in [1.165, 1.54) is 0 Å². The zero-order valence-electron chi connectivity index (χ0n) is 11.2. The molecule has 3 N–H and O–H groups in total.